The number of carbonyl (C=O) groups is 2. The number of carbonyl (C=O) groups excluding carboxylic acids is 2. The molecule has 4 heteroatoms. The van der Waals surface area contributed by atoms with Gasteiger partial charge in [-0.25, -0.2) is 0 Å². The minimum atomic E-state index is -0.920. The van der Waals surface area contributed by atoms with E-state index in [1.54, 1.807) is 32.1 Å². The zero-order valence-corrected chi connectivity index (χ0v) is 14.8. The van der Waals surface area contributed by atoms with Gasteiger partial charge in [-0.3, -0.25) is 4.79 Å². The van der Waals surface area contributed by atoms with Crippen LogP contribution in [0.2, 0.25) is 0 Å². The summed E-state index contributed by atoms with van der Waals surface area (Å²) in [4.78, 5) is 23.7. The third-order valence-corrected chi connectivity index (χ3v) is 6.79. The minimum absolute atomic E-state index is 0.0556. The average Bonchev–Trinajstić information content (AvgIpc) is 2.98. The van der Waals surface area contributed by atoms with Gasteiger partial charge in [0, 0.05) is 16.7 Å². The number of aldehydes is 2. The van der Waals surface area contributed by atoms with Gasteiger partial charge in [-0.2, -0.15) is 0 Å². The van der Waals surface area contributed by atoms with Gasteiger partial charge in [0.05, 0.1) is 18.3 Å². The molecule has 1 N–H and O–H groups in total. The van der Waals surface area contributed by atoms with Crippen molar-refractivity contribution < 1.29 is 19.4 Å². The number of hydrogen-bond donors (Lipinski definition) is 1. The van der Waals surface area contributed by atoms with Crippen molar-refractivity contribution in [1.82, 2.24) is 0 Å². The third kappa shape index (κ3) is 2.51. The Hall–Kier alpha value is -1.26. The molecule has 0 aromatic carbocycles. The van der Waals surface area contributed by atoms with Crippen LogP contribution in [0.5, 0.6) is 0 Å². The molecule has 132 valence electrons. The normalized spacial score (nSPS) is 42.3. The van der Waals surface area contributed by atoms with E-state index < -0.39 is 5.60 Å². The van der Waals surface area contributed by atoms with Crippen molar-refractivity contribution >= 4 is 12.6 Å². The lowest BCUT2D eigenvalue weighted by Crippen LogP contribution is -2.50. The van der Waals surface area contributed by atoms with Crippen LogP contribution in [0.25, 0.3) is 0 Å². The van der Waals surface area contributed by atoms with Crippen LogP contribution in [0.3, 0.4) is 0 Å². The first kappa shape index (κ1) is 17.6. The quantitative estimate of drug-likeness (QED) is 0.478. The number of aliphatic hydroxyl groups is 1. The van der Waals surface area contributed by atoms with Crippen LogP contribution in [0, 0.1) is 22.7 Å². The highest BCUT2D eigenvalue weighted by atomic mass is 16.5. The highest BCUT2D eigenvalue weighted by molar-refractivity contribution is 5.76. The van der Waals surface area contributed by atoms with Crippen LogP contribution in [0.1, 0.15) is 46.5 Å². The fraction of sp³-hybridized carbons (Fsp3) is 0.700. The van der Waals surface area contributed by atoms with Gasteiger partial charge in [0.2, 0.25) is 0 Å². The lowest BCUT2D eigenvalue weighted by Gasteiger charge is -2.50. The van der Waals surface area contributed by atoms with Crippen molar-refractivity contribution in [1.29, 1.82) is 0 Å². The van der Waals surface area contributed by atoms with Crippen LogP contribution < -0.4 is 0 Å². The molecular formula is C20H28O4. The maximum Gasteiger partial charge on any atom is 0.146 e. The highest BCUT2D eigenvalue weighted by Gasteiger charge is 2.68. The van der Waals surface area contributed by atoms with Gasteiger partial charge in [0.15, 0.2) is 0 Å². The molecule has 5 atom stereocenters. The largest absolute Gasteiger partial charge is 0.386 e. The Kier molecular flexibility index (Phi) is 4.33. The van der Waals surface area contributed by atoms with E-state index in [4.69, 9.17) is 4.74 Å². The van der Waals surface area contributed by atoms with E-state index in [-0.39, 0.29) is 28.8 Å². The Morgan fingerprint density at radius 3 is 2.54 bits per heavy atom. The van der Waals surface area contributed by atoms with Gasteiger partial charge in [-0.05, 0) is 51.0 Å². The monoisotopic (exact) mass is 332 g/mol. The van der Waals surface area contributed by atoms with Crippen molar-refractivity contribution in [2.45, 2.75) is 58.2 Å². The van der Waals surface area contributed by atoms with Gasteiger partial charge in [-0.15, -0.1) is 0 Å². The first-order chi connectivity index (χ1) is 11.3. The lowest BCUT2D eigenvalue weighted by atomic mass is 9.51. The van der Waals surface area contributed by atoms with E-state index >= 15 is 0 Å². The molecule has 0 amide bonds. The number of hydrogen-bond acceptors (Lipinski definition) is 4. The summed E-state index contributed by atoms with van der Waals surface area (Å²) in [5, 5.41) is 9.78. The Balaban J connectivity index is 1.91. The average molecular weight is 332 g/mol. The molecule has 0 aromatic heterocycles. The molecule has 24 heavy (non-hydrogen) atoms. The minimum Gasteiger partial charge on any atom is -0.386 e. The summed E-state index contributed by atoms with van der Waals surface area (Å²) < 4.78 is 6.00. The second-order valence-corrected chi connectivity index (χ2v) is 8.52. The second kappa shape index (κ2) is 5.92. The zero-order valence-electron chi connectivity index (χ0n) is 14.8. The standard InChI is InChI=1S/C20H28O4/c1-18(2,23)8-4-5-14(11-21)15-6-9-19(3)17-7-10-20(19,13-24-17)16(15)12-22/h4-5,8,11-12,15-17,23H,6-7,9-10,13H2,1-3H3/b8-4+,14-5-/t15-,16-,17-,19-,20+/m1/s1. The highest BCUT2D eigenvalue weighted by Crippen LogP contribution is 2.69. The molecule has 2 bridgehead atoms. The Morgan fingerprint density at radius 2 is 2.00 bits per heavy atom. The SMILES string of the molecule is CC(C)(O)/C=C/C=C(/C=O)[C@H]1CC[C@]2(C)[C@H]3CC[C@]2(CO3)[C@@H]1C=O. The Bertz CT molecular complexity index is 575. The fourth-order valence-corrected chi connectivity index (χ4v) is 5.38. The number of allylic oxidation sites excluding steroid dienone is 3. The van der Waals surface area contributed by atoms with Crippen LogP contribution in [-0.4, -0.2) is 36.0 Å². The van der Waals surface area contributed by atoms with Crippen LogP contribution in [0.4, 0.5) is 0 Å². The van der Waals surface area contributed by atoms with E-state index in [1.807, 2.05) is 0 Å². The molecule has 1 heterocycles. The summed E-state index contributed by atoms with van der Waals surface area (Å²) >= 11 is 0. The molecule has 3 fully saturated rings. The van der Waals surface area contributed by atoms with Crippen molar-refractivity contribution in [2.24, 2.45) is 22.7 Å². The van der Waals surface area contributed by atoms with Gasteiger partial charge >= 0.3 is 0 Å². The maximum absolute atomic E-state index is 12.0. The molecule has 4 nitrogen and oxygen atoms in total. The molecule has 3 rings (SSSR count). The summed E-state index contributed by atoms with van der Waals surface area (Å²) in [6.45, 7) is 6.28. The van der Waals surface area contributed by atoms with E-state index in [2.05, 4.69) is 6.92 Å². The van der Waals surface area contributed by atoms with Crippen LogP contribution >= 0.6 is 0 Å². The van der Waals surface area contributed by atoms with E-state index in [9.17, 15) is 14.7 Å². The van der Waals surface area contributed by atoms with E-state index in [0.717, 1.165) is 38.3 Å². The first-order valence-electron chi connectivity index (χ1n) is 8.91. The van der Waals surface area contributed by atoms with Gasteiger partial charge in [0.1, 0.15) is 12.6 Å². The fourth-order valence-electron chi connectivity index (χ4n) is 5.38. The predicted molar refractivity (Wildman–Crippen MR) is 91.4 cm³/mol. The first-order valence-corrected chi connectivity index (χ1v) is 8.91. The molecular weight excluding hydrogens is 304 g/mol. The topological polar surface area (TPSA) is 63.6 Å². The summed E-state index contributed by atoms with van der Waals surface area (Å²) in [7, 11) is 0. The van der Waals surface area contributed by atoms with Crippen LogP contribution in [0.15, 0.2) is 23.8 Å². The van der Waals surface area contributed by atoms with Crippen molar-refractivity contribution in [3.8, 4) is 0 Å². The number of ether oxygens (including phenoxy) is 1. The molecule has 3 aliphatic rings. The van der Waals surface area contributed by atoms with E-state index in [0.29, 0.717) is 12.2 Å². The van der Waals surface area contributed by atoms with E-state index in [1.165, 1.54) is 0 Å². The van der Waals surface area contributed by atoms with Crippen molar-refractivity contribution in [3.63, 3.8) is 0 Å². The molecule has 1 aliphatic heterocycles. The summed E-state index contributed by atoms with van der Waals surface area (Å²) in [6, 6.07) is 0. The molecule has 2 aliphatic carbocycles. The molecule has 0 spiro atoms. The number of rotatable bonds is 5. The zero-order chi connectivity index (χ0) is 17.6. The molecule has 0 aromatic rings. The van der Waals surface area contributed by atoms with Crippen LogP contribution in [-0.2, 0) is 14.3 Å². The summed E-state index contributed by atoms with van der Waals surface area (Å²) in [5.41, 5.74) is -0.327. The Labute approximate surface area is 144 Å². The maximum atomic E-state index is 12.0. The lowest BCUT2D eigenvalue weighted by molar-refractivity contribution is -0.124. The Morgan fingerprint density at radius 1 is 1.25 bits per heavy atom. The summed E-state index contributed by atoms with van der Waals surface area (Å²) in [5.74, 6) is -0.226. The predicted octanol–water partition coefficient (Wildman–Crippen LogP) is 2.85. The third-order valence-electron chi connectivity index (χ3n) is 6.79. The summed E-state index contributed by atoms with van der Waals surface area (Å²) in [6.07, 6.45) is 11.2. The van der Waals surface area contributed by atoms with Crippen molar-refractivity contribution in [3.05, 3.63) is 23.8 Å². The molecule has 1 saturated heterocycles. The molecule has 0 radical (unpaired) electrons. The second-order valence-electron chi connectivity index (χ2n) is 8.52. The van der Waals surface area contributed by atoms with Gasteiger partial charge in [-0.1, -0.05) is 25.2 Å². The van der Waals surface area contributed by atoms with Gasteiger partial charge < -0.3 is 14.6 Å². The molecule has 0 unspecified atom stereocenters. The van der Waals surface area contributed by atoms with Crippen molar-refractivity contribution in [2.75, 3.05) is 6.61 Å². The smallest absolute Gasteiger partial charge is 0.146 e. The van der Waals surface area contributed by atoms with Gasteiger partial charge in [0.25, 0.3) is 0 Å². The molecule has 2 saturated carbocycles.